The van der Waals surface area contributed by atoms with E-state index in [1.165, 1.54) is 0 Å². The van der Waals surface area contributed by atoms with Crippen molar-refractivity contribution >= 4 is 10.9 Å². The summed E-state index contributed by atoms with van der Waals surface area (Å²) in [5.74, 6) is 0.648. The minimum absolute atomic E-state index is 0.632. The zero-order valence-electron chi connectivity index (χ0n) is 11.4. The van der Waals surface area contributed by atoms with Crippen LogP contribution in [0.2, 0.25) is 0 Å². The maximum absolute atomic E-state index is 10.5. The van der Waals surface area contributed by atoms with Gasteiger partial charge in [-0.05, 0) is 18.6 Å². The SMILES string of the molecule is CCCn1ccnc1C(O)c1ccc2ccccc2n1. The summed E-state index contributed by atoms with van der Waals surface area (Å²) in [7, 11) is 0. The fourth-order valence-corrected chi connectivity index (χ4v) is 2.36. The summed E-state index contributed by atoms with van der Waals surface area (Å²) >= 11 is 0. The van der Waals surface area contributed by atoms with Crippen LogP contribution in [-0.4, -0.2) is 19.6 Å². The molecule has 2 heterocycles. The smallest absolute Gasteiger partial charge is 0.154 e. The highest BCUT2D eigenvalue weighted by Gasteiger charge is 2.17. The lowest BCUT2D eigenvalue weighted by Crippen LogP contribution is -2.11. The molecule has 20 heavy (non-hydrogen) atoms. The average Bonchev–Trinajstić information content (AvgIpc) is 2.94. The summed E-state index contributed by atoms with van der Waals surface area (Å²) in [5.41, 5.74) is 1.52. The van der Waals surface area contributed by atoms with Gasteiger partial charge in [-0.2, -0.15) is 0 Å². The van der Waals surface area contributed by atoms with E-state index in [2.05, 4.69) is 16.9 Å². The molecule has 0 aliphatic rings. The highest BCUT2D eigenvalue weighted by molar-refractivity contribution is 5.78. The zero-order chi connectivity index (χ0) is 13.9. The molecule has 0 fully saturated rings. The van der Waals surface area contributed by atoms with E-state index in [0.29, 0.717) is 11.5 Å². The van der Waals surface area contributed by atoms with Gasteiger partial charge >= 0.3 is 0 Å². The number of hydrogen-bond acceptors (Lipinski definition) is 3. The third-order valence-corrected chi connectivity index (χ3v) is 3.36. The van der Waals surface area contributed by atoms with E-state index >= 15 is 0 Å². The number of aliphatic hydroxyl groups excluding tert-OH is 1. The van der Waals surface area contributed by atoms with Gasteiger partial charge in [0.25, 0.3) is 0 Å². The van der Waals surface area contributed by atoms with Gasteiger partial charge in [-0.25, -0.2) is 9.97 Å². The van der Waals surface area contributed by atoms with Crippen LogP contribution < -0.4 is 0 Å². The molecule has 1 atom stereocenters. The molecular weight excluding hydrogens is 250 g/mol. The summed E-state index contributed by atoms with van der Waals surface area (Å²) in [4.78, 5) is 8.79. The molecule has 3 rings (SSSR count). The first-order chi connectivity index (χ1) is 9.79. The molecule has 4 nitrogen and oxygen atoms in total. The van der Waals surface area contributed by atoms with Crippen molar-refractivity contribution < 1.29 is 5.11 Å². The molecule has 3 aromatic rings. The zero-order valence-corrected chi connectivity index (χ0v) is 11.4. The molecule has 0 aliphatic heterocycles. The number of aromatic nitrogens is 3. The van der Waals surface area contributed by atoms with E-state index in [-0.39, 0.29) is 0 Å². The number of fused-ring (bicyclic) bond motifs is 1. The maximum Gasteiger partial charge on any atom is 0.154 e. The number of benzene rings is 1. The summed E-state index contributed by atoms with van der Waals surface area (Å²) in [6.07, 6.45) is 3.82. The normalized spacial score (nSPS) is 12.7. The van der Waals surface area contributed by atoms with Crippen molar-refractivity contribution in [2.45, 2.75) is 26.0 Å². The summed E-state index contributed by atoms with van der Waals surface area (Å²) in [6, 6.07) is 11.7. The van der Waals surface area contributed by atoms with Crippen LogP contribution in [0.25, 0.3) is 10.9 Å². The number of aliphatic hydroxyl groups is 1. The number of para-hydroxylation sites is 1. The lowest BCUT2D eigenvalue weighted by Gasteiger charge is -2.13. The lowest BCUT2D eigenvalue weighted by atomic mass is 10.1. The van der Waals surface area contributed by atoms with Crippen molar-refractivity contribution in [3.63, 3.8) is 0 Å². The molecular formula is C16H17N3O. The standard InChI is InChI=1S/C16H17N3O/c1-2-10-19-11-9-17-16(19)15(20)14-8-7-12-5-3-4-6-13(12)18-14/h3-9,11,15,20H,2,10H2,1H3. The Labute approximate surface area is 117 Å². The van der Waals surface area contributed by atoms with Gasteiger partial charge in [0.15, 0.2) is 6.10 Å². The van der Waals surface area contributed by atoms with Crippen LogP contribution in [0.5, 0.6) is 0 Å². The van der Waals surface area contributed by atoms with Crippen molar-refractivity contribution in [2.24, 2.45) is 0 Å². The Balaban J connectivity index is 1.99. The summed E-state index contributed by atoms with van der Waals surface area (Å²) in [6.45, 7) is 2.95. The number of pyridine rings is 1. The van der Waals surface area contributed by atoms with Gasteiger partial charge in [-0.1, -0.05) is 31.2 Å². The molecule has 0 aliphatic carbocycles. The number of hydrogen-bond donors (Lipinski definition) is 1. The van der Waals surface area contributed by atoms with E-state index < -0.39 is 6.10 Å². The minimum atomic E-state index is -0.791. The first kappa shape index (κ1) is 12.8. The van der Waals surface area contributed by atoms with Gasteiger partial charge in [0.05, 0.1) is 11.2 Å². The van der Waals surface area contributed by atoms with Crippen molar-refractivity contribution in [1.82, 2.24) is 14.5 Å². The maximum atomic E-state index is 10.5. The van der Waals surface area contributed by atoms with Crippen LogP contribution >= 0.6 is 0 Å². The highest BCUT2D eigenvalue weighted by atomic mass is 16.3. The predicted octanol–water partition coefficient (Wildman–Crippen LogP) is 2.92. The molecule has 0 spiro atoms. The predicted molar refractivity (Wildman–Crippen MR) is 78.3 cm³/mol. The molecule has 1 aromatic carbocycles. The number of imidazole rings is 1. The molecule has 0 amide bonds. The summed E-state index contributed by atoms with van der Waals surface area (Å²) < 4.78 is 1.97. The number of aryl methyl sites for hydroxylation is 1. The molecule has 0 saturated heterocycles. The molecule has 0 radical (unpaired) electrons. The lowest BCUT2D eigenvalue weighted by molar-refractivity contribution is 0.200. The molecule has 2 aromatic heterocycles. The van der Waals surface area contributed by atoms with Gasteiger partial charge < -0.3 is 9.67 Å². The van der Waals surface area contributed by atoms with Crippen molar-refractivity contribution in [1.29, 1.82) is 0 Å². The molecule has 0 saturated carbocycles. The molecule has 1 N–H and O–H groups in total. The van der Waals surface area contributed by atoms with Crippen molar-refractivity contribution in [2.75, 3.05) is 0 Å². The molecule has 1 unspecified atom stereocenters. The fourth-order valence-electron chi connectivity index (χ4n) is 2.36. The molecule has 0 bridgehead atoms. The largest absolute Gasteiger partial charge is 0.379 e. The van der Waals surface area contributed by atoms with Crippen LogP contribution in [-0.2, 0) is 6.54 Å². The quantitative estimate of drug-likeness (QED) is 0.790. The third-order valence-electron chi connectivity index (χ3n) is 3.36. The Bertz CT molecular complexity index is 720. The summed E-state index contributed by atoms with van der Waals surface area (Å²) in [5, 5.41) is 11.6. The van der Waals surface area contributed by atoms with Gasteiger partial charge in [0.1, 0.15) is 5.82 Å². The first-order valence-electron chi connectivity index (χ1n) is 6.84. The topological polar surface area (TPSA) is 50.9 Å². The monoisotopic (exact) mass is 267 g/mol. The van der Waals surface area contributed by atoms with Gasteiger partial charge in [0.2, 0.25) is 0 Å². The Morgan fingerprint density at radius 2 is 2.05 bits per heavy atom. The van der Waals surface area contributed by atoms with Gasteiger partial charge in [0, 0.05) is 24.3 Å². The highest BCUT2D eigenvalue weighted by Crippen LogP contribution is 2.21. The van der Waals surface area contributed by atoms with Crippen LogP contribution in [0.1, 0.15) is 31.0 Å². The van der Waals surface area contributed by atoms with Gasteiger partial charge in [-0.3, -0.25) is 0 Å². The third kappa shape index (κ3) is 2.30. The van der Waals surface area contributed by atoms with Crippen LogP contribution in [0, 0.1) is 0 Å². The minimum Gasteiger partial charge on any atom is -0.379 e. The fraction of sp³-hybridized carbons (Fsp3) is 0.250. The van der Waals surface area contributed by atoms with Crippen LogP contribution in [0.15, 0.2) is 48.8 Å². The second-order valence-corrected chi connectivity index (χ2v) is 4.81. The van der Waals surface area contributed by atoms with E-state index in [1.54, 1.807) is 6.20 Å². The van der Waals surface area contributed by atoms with E-state index in [9.17, 15) is 5.11 Å². The Morgan fingerprint density at radius 1 is 1.20 bits per heavy atom. The van der Waals surface area contributed by atoms with E-state index in [0.717, 1.165) is 23.9 Å². The Morgan fingerprint density at radius 3 is 2.90 bits per heavy atom. The number of rotatable bonds is 4. The van der Waals surface area contributed by atoms with Gasteiger partial charge in [-0.15, -0.1) is 0 Å². The molecule has 4 heteroatoms. The Kier molecular flexibility index (Phi) is 3.48. The van der Waals surface area contributed by atoms with E-state index in [1.807, 2.05) is 47.2 Å². The first-order valence-corrected chi connectivity index (χ1v) is 6.84. The second kappa shape index (κ2) is 5.43. The van der Waals surface area contributed by atoms with Crippen molar-refractivity contribution in [3.8, 4) is 0 Å². The van der Waals surface area contributed by atoms with Crippen LogP contribution in [0.3, 0.4) is 0 Å². The second-order valence-electron chi connectivity index (χ2n) is 4.81. The average molecular weight is 267 g/mol. The van der Waals surface area contributed by atoms with Crippen LogP contribution in [0.4, 0.5) is 0 Å². The van der Waals surface area contributed by atoms with Crippen molar-refractivity contribution in [3.05, 3.63) is 60.3 Å². The van der Waals surface area contributed by atoms with E-state index in [4.69, 9.17) is 0 Å². The number of nitrogens with zero attached hydrogens (tertiary/aromatic N) is 3. The molecule has 102 valence electrons. The Hall–Kier alpha value is -2.20.